The maximum atomic E-state index is 11.4. The lowest BCUT2D eigenvalue weighted by Gasteiger charge is -2.19. The van der Waals surface area contributed by atoms with Gasteiger partial charge in [-0.3, -0.25) is 0 Å². The fourth-order valence-electron chi connectivity index (χ4n) is 1.30. The molecule has 1 amide bonds. The van der Waals surface area contributed by atoms with E-state index in [4.69, 9.17) is 4.74 Å². The van der Waals surface area contributed by atoms with Gasteiger partial charge in [-0.25, -0.2) is 9.59 Å². The maximum absolute atomic E-state index is 11.4. The third kappa shape index (κ3) is 4.33. The van der Waals surface area contributed by atoms with Gasteiger partial charge in [-0.1, -0.05) is 12.2 Å². The third-order valence-electron chi connectivity index (χ3n) is 1.95. The van der Waals surface area contributed by atoms with Crippen LogP contribution in [0, 0.1) is 5.92 Å². The summed E-state index contributed by atoms with van der Waals surface area (Å²) in [5.74, 6) is -0.713. The standard InChI is InChI=1S/C11H17NO4/c1-11(2,3)15-10(14)12-16-9(13)8-6-4-5-7-8/h4,6,8H,5,7H2,1-3H3,(H,12,14). The predicted molar refractivity (Wildman–Crippen MR) is 57.3 cm³/mol. The van der Waals surface area contributed by atoms with Crippen molar-refractivity contribution in [3.63, 3.8) is 0 Å². The van der Waals surface area contributed by atoms with Crippen molar-refractivity contribution in [3.05, 3.63) is 12.2 Å². The molecule has 0 heterocycles. The van der Waals surface area contributed by atoms with Crippen molar-refractivity contribution < 1.29 is 19.2 Å². The average molecular weight is 227 g/mol. The number of hydrogen-bond acceptors (Lipinski definition) is 4. The predicted octanol–water partition coefficient (Wildman–Crippen LogP) is 1.94. The monoisotopic (exact) mass is 227 g/mol. The summed E-state index contributed by atoms with van der Waals surface area (Å²) in [6.45, 7) is 5.19. The summed E-state index contributed by atoms with van der Waals surface area (Å²) in [6, 6.07) is 0. The molecule has 0 aromatic carbocycles. The molecule has 90 valence electrons. The SMILES string of the molecule is CC(C)(C)OC(=O)NOC(=O)C1C=CCC1. The Bertz CT molecular complexity index is 304. The van der Waals surface area contributed by atoms with Crippen LogP contribution in [-0.4, -0.2) is 17.7 Å². The van der Waals surface area contributed by atoms with Crippen LogP contribution in [-0.2, 0) is 14.4 Å². The van der Waals surface area contributed by atoms with E-state index in [-0.39, 0.29) is 5.92 Å². The van der Waals surface area contributed by atoms with Crippen LogP contribution < -0.4 is 5.48 Å². The second-order valence-electron chi connectivity index (χ2n) is 4.64. The van der Waals surface area contributed by atoms with Crippen LogP contribution in [0.2, 0.25) is 0 Å². The maximum Gasteiger partial charge on any atom is 0.441 e. The summed E-state index contributed by atoms with van der Waals surface area (Å²) in [5, 5.41) is 0. The Morgan fingerprint density at radius 3 is 2.56 bits per heavy atom. The second-order valence-corrected chi connectivity index (χ2v) is 4.64. The van der Waals surface area contributed by atoms with Gasteiger partial charge in [-0.2, -0.15) is 0 Å². The summed E-state index contributed by atoms with van der Waals surface area (Å²) in [5.41, 5.74) is 1.36. The number of amides is 1. The van der Waals surface area contributed by atoms with Gasteiger partial charge in [0.25, 0.3) is 0 Å². The van der Waals surface area contributed by atoms with Crippen molar-refractivity contribution in [3.8, 4) is 0 Å². The van der Waals surface area contributed by atoms with Gasteiger partial charge in [0.2, 0.25) is 0 Å². The van der Waals surface area contributed by atoms with Crippen molar-refractivity contribution in [1.82, 2.24) is 5.48 Å². The Morgan fingerprint density at radius 1 is 1.38 bits per heavy atom. The van der Waals surface area contributed by atoms with Gasteiger partial charge in [0, 0.05) is 0 Å². The number of carbonyl (C=O) groups is 2. The third-order valence-corrected chi connectivity index (χ3v) is 1.95. The highest BCUT2D eigenvalue weighted by Gasteiger charge is 2.22. The molecule has 0 bridgehead atoms. The lowest BCUT2D eigenvalue weighted by atomic mass is 10.1. The minimum Gasteiger partial charge on any atom is -0.442 e. The van der Waals surface area contributed by atoms with Gasteiger partial charge >= 0.3 is 12.1 Å². The van der Waals surface area contributed by atoms with E-state index in [1.807, 2.05) is 11.6 Å². The van der Waals surface area contributed by atoms with Crippen molar-refractivity contribution in [1.29, 1.82) is 0 Å². The average Bonchev–Trinajstić information content (AvgIpc) is 2.64. The summed E-state index contributed by atoms with van der Waals surface area (Å²) in [4.78, 5) is 27.1. The van der Waals surface area contributed by atoms with Crippen molar-refractivity contribution >= 4 is 12.1 Å². The van der Waals surface area contributed by atoms with Gasteiger partial charge in [0.1, 0.15) is 5.60 Å². The number of allylic oxidation sites excluding steroid dienone is 1. The molecule has 0 saturated heterocycles. The van der Waals surface area contributed by atoms with Gasteiger partial charge in [0.05, 0.1) is 5.92 Å². The minimum absolute atomic E-state index is 0.255. The zero-order valence-electron chi connectivity index (χ0n) is 9.78. The molecule has 5 nitrogen and oxygen atoms in total. The Balaban J connectivity index is 2.26. The molecule has 1 N–H and O–H groups in total. The van der Waals surface area contributed by atoms with E-state index >= 15 is 0 Å². The Hall–Kier alpha value is -1.52. The Morgan fingerprint density at radius 2 is 2.06 bits per heavy atom. The molecule has 1 aliphatic carbocycles. The van der Waals surface area contributed by atoms with Crippen molar-refractivity contribution in [2.45, 2.75) is 39.2 Å². The molecule has 1 rings (SSSR count). The molecule has 1 aliphatic rings. The molecule has 0 aliphatic heterocycles. The molecule has 5 heteroatoms. The summed E-state index contributed by atoms with van der Waals surface area (Å²) >= 11 is 0. The molecule has 0 aromatic rings. The first-order valence-corrected chi connectivity index (χ1v) is 5.25. The number of carbonyl (C=O) groups excluding carboxylic acids is 2. The minimum atomic E-state index is -0.761. The van der Waals surface area contributed by atoms with Gasteiger partial charge in [-0.15, -0.1) is 5.48 Å². The van der Waals surface area contributed by atoms with E-state index in [0.29, 0.717) is 0 Å². The summed E-state index contributed by atoms with van der Waals surface area (Å²) in [7, 11) is 0. The van der Waals surface area contributed by atoms with E-state index in [1.54, 1.807) is 26.8 Å². The van der Waals surface area contributed by atoms with Crippen LogP contribution in [0.25, 0.3) is 0 Å². The lowest BCUT2D eigenvalue weighted by molar-refractivity contribution is -0.153. The largest absolute Gasteiger partial charge is 0.442 e. The Labute approximate surface area is 94.7 Å². The van der Waals surface area contributed by atoms with Crippen LogP contribution in [0.4, 0.5) is 4.79 Å². The highest BCUT2D eigenvalue weighted by atomic mass is 16.7. The summed E-state index contributed by atoms with van der Waals surface area (Å²) in [6.07, 6.45) is 4.53. The first-order chi connectivity index (χ1) is 7.38. The fourth-order valence-corrected chi connectivity index (χ4v) is 1.30. The van der Waals surface area contributed by atoms with Crippen LogP contribution in [0.15, 0.2) is 12.2 Å². The number of rotatable bonds is 1. The molecule has 1 atom stereocenters. The topological polar surface area (TPSA) is 64.6 Å². The number of hydroxylamine groups is 1. The van der Waals surface area contributed by atoms with Gasteiger partial charge in [0.15, 0.2) is 0 Å². The van der Waals surface area contributed by atoms with E-state index in [0.717, 1.165) is 12.8 Å². The first kappa shape index (κ1) is 12.5. The highest BCUT2D eigenvalue weighted by molar-refractivity contribution is 5.77. The molecule has 16 heavy (non-hydrogen) atoms. The van der Waals surface area contributed by atoms with Crippen LogP contribution >= 0.6 is 0 Å². The van der Waals surface area contributed by atoms with Crippen molar-refractivity contribution in [2.24, 2.45) is 5.92 Å². The van der Waals surface area contributed by atoms with E-state index in [2.05, 4.69) is 4.84 Å². The number of hydrogen-bond donors (Lipinski definition) is 1. The lowest BCUT2D eigenvalue weighted by Crippen LogP contribution is -2.35. The molecule has 1 unspecified atom stereocenters. The smallest absolute Gasteiger partial charge is 0.441 e. The van der Waals surface area contributed by atoms with Crippen LogP contribution in [0.5, 0.6) is 0 Å². The van der Waals surface area contributed by atoms with Crippen LogP contribution in [0.1, 0.15) is 33.6 Å². The zero-order valence-corrected chi connectivity index (χ0v) is 9.78. The quantitative estimate of drug-likeness (QED) is 0.549. The number of nitrogens with one attached hydrogen (secondary N) is 1. The number of ether oxygens (including phenoxy) is 1. The fraction of sp³-hybridized carbons (Fsp3) is 0.636. The van der Waals surface area contributed by atoms with E-state index < -0.39 is 17.7 Å². The van der Waals surface area contributed by atoms with E-state index in [1.165, 1.54) is 0 Å². The molecule has 0 saturated carbocycles. The van der Waals surface area contributed by atoms with Gasteiger partial charge in [-0.05, 0) is 33.6 Å². The normalized spacial score (nSPS) is 19.3. The molecule has 0 radical (unpaired) electrons. The molecule has 0 aromatic heterocycles. The van der Waals surface area contributed by atoms with E-state index in [9.17, 15) is 9.59 Å². The second kappa shape index (κ2) is 5.01. The highest BCUT2D eigenvalue weighted by Crippen LogP contribution is 2.17. The van der Waals surface area contributed by atoms with Crippen molar-refractivity contribution in [2.75, 3.05) is 0 Å². The Kier molecular flexibility index (Phi) is 3.93. The molecular formula is C11H17NO4. The van der Waals surface area contributed by atoms with Crippen LogP contribution in [0.3, 0.4) is 0 Å². The summed E-state index contributed by atoms with van der Waals surface area (Å²) < 4.78 is 4.91. The van der Waals surface area contributed by atoms with Gasteiger partial charge < -0.3 is 9.57 Å². The first-order valence-electron chi connectivity index (χ1n) is 5.25. The zero-order chi connectivity index (χ0) is 12.2. The molecule has 0 spiro atoms. The molecule has 0 fully saturated rings. The molecular weight excluding hydrogens is 210 g/mol.